The molecule has 1 saturated heterocycles. The summed E-state index contributed by atoms with van der Waals surface area (Å²) in [6.45, 7) is 6.74. The van der Waals surface area contributed by atoms with Gasteiger partial charge in [0, 0.05) is 12.0 Å². The largest absolute Gasteiger partial charge is 0.507 e. The van der Waals surface area contributed by atoms with Crippen molar-refractivity contribution in [2.24, 2.45) is 5.92 Å². The molecule has 3 heterocycles. The minimum atomic E-state index is -0.973. The van der Waals surface area contributed by atoms with Gasteiger partial charge in [0.15, 0.2) is 16.6 Å². The van der Waals surface area contributed by atoms with Crippen LogP contribution < -0.4 is 23.8 Å². The van der Waals surface area contributed by atoms with Crippen LogP contribution in [0.15, 0.2) is 60.2 Å². The minimum absolute atomic E-state index is 0.0133. The van der Waals surface area contributed by atoms with E-state index in [2.05, 4.69) is 13.8 Å². The second-order valence-electron chi connectivity index (χ2n) is 11.4. The summed E-state index contributed by atoms with van der Waals surface area (Å²) in [6.07, 6.45) is 1.57. The van der Waals surface area contributed by atoms with Gasteiger partial charge in [-0.2, -0.15) is 0 Å². The zero-order chi connectivity index (χ0) is 31.1. The Hall–Kier alpha value is -4.57. The highest BCUT2D eigenvalue weighted by Crippen LogP contribution is 2.46. The zero-order valence-corrected chi connectivity index (χ0v) is 26.1. The Bertz CT molecular complexity index is 1790. The maximum absolute atomic E-state index is 13.8. The molecule has 228 valence electrons. The Labute approximate surface area is 259 Å². The molecular formula is C34H34N2O7S. The number of benzene rings is 3. The van der Waals surface area contributed by atoms with Crippen LogP contribution in [-0.2, 0) is 16.0 Å². The van der Waals surface area contributed by atoms with Gasteiger partial charge in [0.1, 0.15) is 23.4 Å². The number of anilines is 1. The number of rotatable bonds is 9. The van der Waals surface area contributed by atoms with Gasteiger partial charge in [-0.25, -0.2) is 4.98 Å². The average molecular weight is 615 g/mol. The van der Waals surface area contributed by atoms with Crippen molar-refractivity contribution in [2.75, 3.05) is 25.7 Å². The average Bonchev–Trinajstić information content (AvgIpc) is 3.68. The number of amides is 1. The van der Waals surface area contributed by atoms with Gasteiger partial charge in [-0.3, -0.25) is 14.5 Å². The van der Waals surface area contributed by atoms with E-state index in [1.165, 1.54) is 16.2 Å². The van der Waals surface area contributed by atoms with E-state index >= 15 is 0 Å². The fourth-order valence-corrected chi connectivity index (χ4v) is 6.59. The molecule has 44 heavy (non-hydrogen) atoms. The fraction of sp³-hybridized carbons (Fsp3) is 0.324. The van der Waals surface area contributed by atoms with Gasteiger partial charge in [0.05, 0.1) is 42.7 Å². The normalized spacial score (nSPS) is 19.0. The van der Waals surface area contributed by atoms with Crippen molar-refractivity contribution >= 4 is 44.1 Å². The van der Waals surface area contributed by atoms with Crippen LogP contribution in [0.1, 0.15) is 49.9 Å². The van der Waals surface area contributed by atoms with E-state index in [9.17, 15) is 14.7 Å². The molecule has 2 aliphatic heterocycles. The van der Waals surface area contributed by atoms with Gasteiger partial charge < -0.3 is 24.1 Å². The molecule has 9 nitrogen and oxygen atoms in total. The van der Waals surface area contributed by atoms with Gasteiger partial charge in [-0.15, -0.1) is 0 Å². The number of ether oxygens (including phenoxy) is 4. The lowest BCUT2D eigenvalue weighted by Gasteiger charge is -2.24. The van der Waals surface area contributed by atoms with Crippen molar-refractivity contribution in [3.8, 4) is 23.0 Å². The van der Waals surface area contributed by atoms with Crippen LogP contribution in [0.3, 0.4) is 0 Å². The Kier molecular flexibility index (Phi) is 7.94. The first-order valence-corrected chi connectivity index (χ1v) is 15.4. The molecule has 0 bridgehead atoms. The maximum Gasteiger partial charge on any atom is 0.301 e. The summed E-state index contributed by atoms with van der Waals surface area (Å²) in [7, 11) is 3.12. The Morgan fingerprint density at radius 1 is 1.07 bits per heavy atom. The second kappa shape index (κ2) is 11.8. The topological polar surface area (TPSA) is 107 Å². The van der Waals surface area contributed by atoms with Crippen molar-refractivity contribution in [3.63, 3.8) is 0 Å². The van der Waals surface area contributed by atoms with Crippen LogP contribution >= 0.6 is 11.3 Å². The van der Waals surface area contributed by atoms with Crippen LogP contribution in [0.25, 0.3) is 16.0 Å². The van der Waals surface area contributed by atoms with E-state index in [4.69, 9.17) is 23.9 Å². The molecule has 6 rings (SSSR count). The third kappa shape index (κ3) is 5.34. The van der Waals surface area contributed by atoms with Crippen molar-refractivity contribution in [3.05, 3.63) is 76.9 Å². The van der Waals surface area contributed by atoms with Gasteiger partial charge in [-0.05, 0) is 78.9 Å². The summed E-state index contributed by atoms with van der Waals surface area (Å²) in [5, 5.41) is 12.0. The smallest absolute Gasteiger partial charge is 0.301 e. The lowest BCUT2D eigenvalue weighted by molar-refractivity contribution is -0.132. The number of carbonyl (C=O) groups excluding carboxylic acids is 2. The molecule has 0 spiro atoms. The second-order valence-corrected chi connectivity index (χ2v) is 12.4. The van der Waals surface area contributed by atoms with Gasteiger partial charge in [0.25, 0.3) is 5.78 Å². The van der Waals surface area contributed by atoms with E-state index in [-0.39, 0.29) is 17.4 Å². The lowest BCUT2D eigenvalue weighted by Crippen LogP contribution is -2.29. The molecule has 0 aliphatic carbocycles. The Morgan fingerprint density at radius 2 is 1.89 bits per heavy atom. The molecule has 4 aromatic rings. The summed E-state index contributed by atoms with van der Waals surface area (Å²) in [6, 6.07) is 15.1. The monoisotopic (exact) mass is 614 g/mol. The number of hydrogen-bond acceptors (Lipinski definition) is 9. The molecule has 2 atom stereocenters. The molecule has 10 heteroatoms. The predicted molar refractivity (Wildman–Crippen MR) is 169 cm³/mol. The molecule has 1 aromatic heterocycles. The molecule has 1 amide bonds. The van der Waals surface area contributed by atoms with Crippen LogP contribution in [-0.4, -0.2) is 48.7 Å². The first kappa shape index (κ1) is 29.5. The SMILES string of the molecule is COc1ccc2nc(N3C(=O)C(=O)/C(=C(\O)c4ccc5c(c4)CC(C)O5)C3c3ccc(OCCC(C)C)c(OC)c3)sc2c1. The Balaban J connectivity index is 1.49. The van der Waals surface area contributed by atoms with Crippen molar-refractivity contribution in [2.45, 2.75) is 45.8 Å². The van der Waals surface area contributed by atoms with E-state index in [1.807, 2.05) is 19.1 Å². The highest BCUT2D eigenvalue weighted by Gasteiger charge is 2.48. The van der Waals surface area contributed by atoms with Crippen molar-refractivity contribution in [1.29, 1.82) is 0 Å². The number of aromatic nitrogens is 1. The third-order valence-electron chi connectivity index (χ3n) is 7.86. The predicted octanol–water partition coefficient (Wildman–Crippen LogP) is 6.69. The summed E-state index contributed by atoms with van der Waals surface area (Å²) in [4.78, 5) is 33.6. The molecule has 2 unspecified atom stereocenters. The van der Waals surface area contributed by atoms with Crippen molar-refractivity contribution in [1.82, 2.24) is 4.98 Å². The summed E-state index contributed by atoms with van der Waals surface area (Å²) < 4.78 is 23.7. The number of aliphatic hydroxyl groups is 1. The first-order valence-electron chi connectivity index (χ1n) is 14.5. The van der Waals surface area contributed by atoms with Crippen LogP contribution in [0, 0.1) is 5.92 Å². The number of ketones is 1. The molecule has 0 radical (unpaired) electrons. The first-order chi connectivity index (χ1) is 21.2. The number of fused-ring (bicyclic) bond motifs is 2. The Morgan fingerprint density at radius 3 is 2.64 bits per heavy atom. The molecule has 0 saturated carbocycles. The molecule has 1 N–H and O–H groups in total. The van der Waals surface area contributed by atoms with Gasteiger partial charge in [-0.1, -0.05) is 31.3 Å². The fourth-order valence-electron chi connectivity index (χ4n) is 5.57. The van der Waals surface area contributed by atoms with Crippen LogP contribution in [0.4, 0.5) is 5.13 Å². The molecular weight excluding hydrogens is 580 g/mol. The summed E-state index contributed by atoms with van der Waals surface area (Å²) in [5.41, 5.74) is 2.55. The standard InChI is InChI=1S/C34H34N2O7S/c1-18(2)12-13-42-26-11-6-20(16-27(26)41-5)30-29(31(37)21-7-10-25-22(15-21)14-19(3)43-25)32(38)33(39)36(30)34-35-24-9-8-23(40-4)17-28(24)44-34/h6-11,15-19,30,37H,12-14H2,1-5H3/b31-29-. The summed E-state index contributed by atoms with van der Waals surface area (Å²) in [5.74, 6) is 1.03. The highest BCUT2D eigenvalue weighted by atomic mass is 32.1. The van der Waals surface area contributed by atoms with E-state index in [1.54, 1.807) is 56.7 Å². The molecule has 2 aliphatic rings. The maximum atomic E-state index is 13.8. The number of thiazole rings is 1. The van der Waals surface area contributed by atoms with Crippen molar-refractivity contribution < 1.29 is 33.6 Å². The number of nitrogens with zero attached hydrogens (tertiary/aromatic N) is 2. The number of hydrogen-bond donors (Lipinski definition) is 1. The summed E-state index contributed by atoms with van der Waals surface area (Å²) >= 11 is 1.27. The molecule has 1 fully saturated rings. The molecule has 3 aromatic carbocycles. The quantitative estimate of drug-likeness (QED) is 0.126. The zero-order valence-electron chi connectivity index (χ0n) is 25.2. The van der Waals surface area contributed by atoms with Gasteiger partial charge >= 0.3 is 5.91 Å². The van der Waals surface area contributed by atoms with Crippen LogP contribution in [0.2, 0.25) is 0 Å². The third-order valence-corrected chi connectivity index (χ3v) is 8.88. The number of Topliss-reactive ketones (excluding diaryl/α,β-unsaturated/α-hetero) is 1. The lowest BCUT2D eigenvalue weighted by atomic mass is 9.94. The van der Waals surface area contributed by atoms with E-state index in [0.717, 1.165) is 22.4 Å². The van der Waals surface area contributed by atoms with Gasteiger partial charge in [0.2, 0.25) is 0 Å². The van der Waals surface area contributed by atoms with E-state index < -0.39 is 17.7 Å². The minimum Gasteiger partial charge on any atom is -0.507 e. The number of aliphatic hydroxyl groups excluding tert-OH is 1. The number of carbonyl (C=O) groups is 2. The highest BCUT2D eigenvalue weighted by molar-refractivity contribution is 7.22. The number of methoxy groups -OCH3 is 2. The van der Waals surface area contributed by atoms with E-state index in [0.29, 0.717) is 58.0 Å². The van der Waals surface area contributed by atoms with Crippen LogP contribution in [0.5, 0.6) is 23.0 Å².